The zero-order chi connectivity index (χ0) is 32.1. The molecular weight excluding hydrogens is 640 g/mol. The number of alkyl halides is 3. The van der Waals surface area contributed by atoms with Gasteiger partial charge in [-0.25, -0.2) is 13.8 Å². The Morgan fingerprint density at radius 3 is 2.23 bits per heavy atom. The molecule has 0 radical (unpaired) electrons. The molecule has 4 aromatic carbocycles. The highest BCUT2D eigenvalue weighted by Crippen LogP contribution is 2.38. The summed E-state index contributed by atoms with van der Waals surface area (Å²) in [6, 6.07) is 22.4. The Morgan fingerprint density at radius 2 is 1.55 bits per heavy atom. The van der Waals surface area contributed by atoms with Gasteiger partial charge in [0.2, 0.25) is 0 Å². The number of benzene rings is 4. The van der Waals surface area contributed by atoms with Gasteiger partial charge in [0.05, 0.1) is 26.9 Å². The SMILES string of the molecule is C/C(=N\NC(=O)CN(c1ccc(Cl)c(C(F)(F)F)c1)S(=O)(=O)c1ccccc1)c1cccc(NC(=O)c2cccc(Cl)c2)c1. The molecule has 0 unspecified atom stereocenters. The van der Waals surface area contributed by atoms with Crippen LogP contribution in [0.15, 0.2) is 107 Å². The zero-order valence-electron chi connectivity index (χ0n) is 22.8. The lowest BCUT2D eigenvalue weighted by molar-refractivity contribution is -0.137. The van der Waals surface area contributed by atoms with Crippen LogP contribution in [0.4, 0.5) is 24.5 Å². The summed E-state index contributed by atoms with van der Waals surface area (Å²) in [5.74, 6) is -1.33. The Bertz CT molecular complexity index is 1840. The van der Waals surface area contributed by atoms with Crippen molar-refractivity contribution in [3.05, 3.63) is 124 Å². The van der Waals surface area contributed by atoms with E-state index in [0.717, 1.165) is 12.1 Å². The van der Waals surface area contributed by atoms with Crippen LogP contribution in [0.5, 0.6) is 0 Å². The molecule has 44 heavy (non-hydrogen) atoms. The Kier molecular flexibility index (Phi) is 9.98. The fourth-order valence-electron chi connectivity index (χ4n) is 3.95. The highest BCUT2D eigenvalue weighted by Gasteiger charge is 2.35. The third kappa shape index (κ3) is 7.95. The number of hydrogen-bond donors (Lipinski definition) is 2. The summed E-state index contributed by atoms with van der Waals surface area (Å²) < 4.78 is 68.2. The molecule has 0 spiro atoms. The van der Waals surface area contributed by atoms with Crippen molar-refractivity contribution in [2.24, 2.45) is 5.10 Å². The van der Waals surface area contributed by atoms with Gasteiger partial charge >= 0.3 is 6.18 Å². The number of amides is 2. The van der Waals surface area contributed by atoms with Gasteiger partial charge in [-0.2, -0.15) is 18.3 Å². The molecule has 0 saturated heterocycles. The second-order valence-electron chi connectivity index (χ2n) is 9.26. The average Bonchev–Trinajstić information content (AvgIpc) is 2.99. The molecule has 0 fully saturated rings. The number of anilines is 2. The summed E-state index contributed by atoms with van der Waals surface area (Å²) in [7, 11) is -4.49. The van der Waals surface area contributed by atoms with E-state index < -0.39 is 50.8 Å². The van der Waals surface area contributed by atoms with Crippen molar-refractivity contribution < 1.29 is 31.2 Å². The van der Waals surface area contributed by atoms with Crippen molar-refractivity contribution in [3.8, 4) is 0 Å². The molecule has 8 nitrogen and oxygen atoms in total. The standard InChI is InChI=1S/C30H23Cl2F3N4O4S/c1-19(20-7-6-10-23(16-20)36-29(41)21-8-5-9-22(31)15-21)37-38-28(40)18-39(44(42,43)25-11-3-2-4-12-25)24-13-14-27(32)26(17-24)30(33,34)35/h2-17H,18H2,1H3,(H,36,41)(H,38,40)/b37-19+. The first-order valence-electron chi connectivity index (χ1n) is 12.7. The molecular formula is C30H23Cl2F3N4O4S. The summed E-state index contributed by atoms with van der Waals surface area (Å²) >= 11 is 11.7. The number of carbonyl (C=O) groups is 2. The number of nitrogens with one attached hydrogen (secondary N) is 2. The van der Waals surface area contributed by atoms with Gasteiger partial charge in [-0.05, 0) is 73.2 Å². The summed E-state index contributed by atoms with van der Waals surface area (Å²) in [5.41, 5.74) is 2.13. The molecule has 0 aliphatic rings. The Balaban J connectivity index is 1.56. The van der Waals surface area contributed by atoms with E-state index in [9.17, 15) is 31.2 Å². The van der Waals surface area contributed by atoms with E-state index in [4.69, 9.17) is 23.2 Å². The first kappa shape index (κ1) is 32.5. The van der Waals surface area contributed by atoms with Crippen LogP contribution in [-0.4, -0.2) is 32.5 Å². The van der Waals surface area contributed by atoms with E-state index in [2.05, 4.69) is 15.8 Å². The maximum absolute atomic E-state index is 13.6. The Hall–Kier alpha value is -4.39. The van der Waals surface area contributed by atoms with Crippen molar-refractivity contribution in [2.45, 2.75) is 18.0 Å². The van der Waals surface area contributed by atoms with Crippen LogP contribution >= 0.6 is 23.2 Å². The van der Waals surface area contributed by atoms with E-state index in [1.807, 2.05) is 0 Å². The second kappa shape index (κ2) is 13.5. The minimum Gasteiger partial charge on any atom is -0.322 e. The van der Waals surface area contributed by atoms with E-state index >= 15 is 0 Å². The predicted molar refractivity (Wildman–Crippen MR) is 164 cm³/mol. The summed E-state index contributed by atoms with van der Waals surface area (Å²) in [6.45, 7) is 0.661. The van der Waals surface area contributed by atoms with E-state index in [-0.39, 0.29) is 4.90 Å². The quantitative estimate of drug-likeness (QED) is 0.149. The van der Waals surface area contributed by atoms with Crippen molar-refractivity contribution in [3.63, 3.8) is 0 Å². The molecule has 0 saturated carbocycles. The number of rotatable bonds is 9. The van der Waals surface area contributed by atoms with E-state index in [1.54, 1.807) is 55.5 Å². The molecule has 14 heteroatoms. The molecule has 0 atom stereocenters. The number of sulfonamides is 1. The number of hydrogen-bond acceptors (Lipinski definition) is 5. The Morgan fingerprint density at radius 1 is 0.864 bits per heavy atom. The molecule has 0 aromatic heterocycles. The summed E-state index contributed by atoms with van der Waals surface area (Å²) in [5, 5.41) is 6.53. The molecule has 0 bridgehead atoms. The molecule has 0 aliphatic heterocycles. The van der Waals surface area contributed by atoms with Gasteiger partial charge in [0.25, 0.3) is 21.8 Å². The van der Waals surface area contributed by atoms with Gasteiger partial charge in [0.15, 0.2) is 0 Å². The van der Waals surface area contributed by atoms with Gasteiger partial charge in [-0.3, -0.25) is 13.9 Å². The first-order valence-corrected chi connectivity index (χ1v) is 14.9. The molecule has 0 heterocycles. The van der Waals surface area contributed by atoms with E-state index in [1.165, 1.54) is 30.3 Å². The lowest BCUT2D eigenvalue weighted by Crippen LogP contribution is -2.40. The first-order chi connectivity index (χ1) is 20.8. The third-order valence-electron chi connectivity index (χ3n) is 6.14. The minimum atomic E-state index is -4.87. The highest BCUT2D eigenvalue weighted by atomic mass is 35.5. The van der Waals surface area contributed by atoms with Crippen LogP contribution in [0.1, 0.15) is 28.4 Å². The zero-order valence-corrected chi connectivity index (χ0v) is 25.1. The van der Waals surface area contributed by atoms with Gasteiger partial charge in [-0.15, -0.1) is 0 Å². The number of halogens is 5. The van der Waals surface area contributed by atoms with Crippen LogP contribution in [0.25, 0.3) is 0 Å². The highest BCUT2D eigenvalue weighted by molar-refractivity contribution is 7.92. The number of carbonyl (C=O) groups excluding carboxylic acids is 2. The predicted octanol–water partition coefficient (Wildman–Crippen LogP) is 7.00. The topological polar surface area (TPSA) is 108 Å². The summed E-state index contributed by atoms with van der Waals surface area (Å²) in [4.78, 5) is 25.3. The van der Waals surface area contributed by atoms with Gasteiger partial charge in [0.1, 0.15) is 6.54 Å². The van der Waals surface area contributed by atoms with Crippen LogP contribution in [-0.2, 0) is 21.0 Å². The van der Waals surface area contributed by atoms with Crippen LogP contribution in [0, 0.1) is 0 Å². The van der Waals surface area contributed by atoms with Crippen LogP contribution in [0.3, 0.4) is 0 Å². The van der Waals surface area contributed by atoms with Crippen molar-refractivity contribution >= 4 is 62.1 Å². The van der Waals surface area contributed by atoms with E-state index in [0.29, 0.717) is 37.9 Å². The number of hydrazone groups is 1. The maximum atomic E-state index is 13.6. The molecule has 0 aliphatic carbocycles. The molecule has 2 N–H and O–H groups in total. The second-order valence-corrected chi connectivity index (χ2v) is 12.0. The normalized spacial score (nSPS) is 12.0. The third-order valence-corrected chi connectivity index (χ3v) is 8.49. The smallest absolute Gasteiger partial charge is 0.322 e. The monoisotopic (exact) mass is 662 g/mol. The number of nitrogens with zero attached hydrogens (tertiary/aromatic N) is 2. The fraction of sp³-hybridized carbons (Fsp3) is 0.100. The lowest BCUT2D eigenvalue weighted by Gasteiger charge is -2.25. The van der Waals surface area contributed by atoms with Crippen LogP contribution in [0.2, 0.25) is 10.0 Å². The minimum absolute atomic E-state index is 0.243. The van der Waals surface area contributed by atoms with Gasteiger partial charge in [0, 0.05) is 16.3 Å². The largest absolute Gasteiger partial charge is 0.417 e. The van der Waals surface area contributed by atoms with Gasteiger partial charge in [-0.1, -0.05) is 59.6 Å². The molecule has 4 aromatic rings. The van der Waals surface area contributed by atoms with Gasteiger partial charge < -0.3 is 5.32 Å². The van der Waals surface area contributed by atoms with Crippen molar-refractivity contribution in [2.75, 3.05) is 16.2 Å². The molecule has 4 rings (SSSR count). The molecule has 228 valence electrons. The molecule has 2 amide bonds. The average molecular weight is 664 g/mol. The lowest BCUT2D eigenvalue weighted by atomic mass is 10.1. The van der Waals surface area contributed by atoms with Crippen molar-refractivity contribution in [1.82, 2.24) is 5.43 Å². The Labute approximate surface area is 261 Å². The maximum Gasteiger partial charge on any atom is 0.417 e. The van der Waals surface area contributed by atoms with Crippen molar-refractivity contribution in [1.29, 1.82) is 0 Å². The van der Waals surface area contributed by atoms with Crippen LogP contribution < -0.4 is 15.0 Å². The fourth-order valence-corrected chi connectivity index (χ4v) is 5.80. The summed E-state index contributed by atoms with van der Waals surface area (Å²) in [6.07, 6.45) is -4.87.